The molecule has 2 aromatic rings. The highest BCUT2D eigenvalue weighted by atomic mass is 32.2. The Morgan fingerprint density at radius 2 is 1.61 bits per heavy atom. The number of benzene rings is 1. The van der Waals surface area contributed by atoms with Gasteiger partial charge in [0.25, 0.3) is 0 Å². The van der Waals surface area contributed by atoms with Crippen LogP contribution in [-0.2, 0) is 19.6 Å². The minimum atomic E-state index is -3.82. The lowest BCUT2D eigenvalue weighted by Crippen LogP contribution is -2.55. The second kappa shape index (κ2) is 9.88. The smallest absolute Gasteiger partial charge is 0.245 e. The maximum atomic E-state index is 13.6. The van der Waals surface area contributed by atoms with Crippen molar-refractivity contribution < 1.29 is 22.4 Å². The molecule has 0 radical (unpaired) electrons. The number of hydrogen-bond acceptors (Lipinski definition) is 6. The van der Waals surface area contributed by atoms with Gasteiger partial charge in [-0.25, -0.2) is 12.8 Å². The molecule has 0 spiro atoms. The van der Waals surface area contributed by atoms with Gasteiger partial charge in [-0.2, -0.15) is 4.31 Å². The third-order valence-electron chi connectivity index (χ3n) is 6.16. The normalized spacial score (nSPS) is 19.5. The average molecular weight is 495 g/mol. The average Bonchev–Trinajstić information content (AvgIpc) is 3.34. The van der Waals surface area contributed by atoms with Crippen molar-refractivity contribution in [1.82, 2.24) is 19.0 Å². The molecule has 3 heterocycles. The molecule has 2 aliphatic heterocycles. The number of thiophene rings is 1. The molecule has 0 N–H and O–H groups in total. The third kappa shape index (κ3) is 5.11. The van der Waals surface area contributed by atoms with E-state index in [-0.39, 0.29) is 42.9 Å². The van der Waals surface area contributed by atoms with Gasteiger partial charge in [0.05, 0.1) is 4.90 Å². The van der Waals surface area contributed by atoms with Gasteiger partial charge < -0.3 is 9.80 Å². The van der Waals surface area contributed by atoms with Crippen LogP contribution in [-0.4, -0.2) is 91.6 Å². The second-order valence-electron chi connectivity index (χ2n) is 8.15. The molecule has 0 saturated carbocycles. The zero-order valence-electron chi connectivity index (χ0n) is 18.4. The molecule has 2 aliphatic rings. The maximum Gasteiger partial charge on any atom is 0.245 e. The fraction of sp³-hybridized carbons (Fsp3) is 0.455. The fourth-order valence-electron chi connectivity index (χ4n) is 4.30. The van der Waals surface area contributed by atoms with Crippen LogP contribution in [0.5, 0.6) is 0 Å². The van der Waals surface area contributed by atoms with Crippen molar-refractivity contribution in [2.75, 3.05) is 52.4 Å². The first-order valence-electron chi connectivity index (χ1n) is 10.8. The molecule has 4 rings (SSSR count). The quantitative estimate of drug-likeness (QED) is 0.631. The number of nitrogens with zero attached hydrogens (tertiary/aromatic N) is 4. The third-order valence-corrected chi connectivity index (χ3v) is 8.97. The summed E-state index contributed by atoms with van der Waals surface area (Å²) in [6.07, 6.45) is 0. The number of halogens is 1. The molecular weight excluding hydrogens is 467 g/mol. The largest absolute Gasteiger partial charge is 0.340 e. The van der Waals surface area contributed by atoms with Gasteiger partial charge in [0.15, 0.2) is 0 Å². The number of carbonyl (C=O) groups excluding carboxylic acids is 2. The summed E-state index contributed by atoms with van der Waals surface area (Å²) in [5.41, 5.74) is 0. The molecule has 33 heavy (non-hydrogen) atoms. The Morgan fingerprint density at radius 3 is 2.18 bits per heavy atom. The predicted molar refractivity (Wildman–Crippen MR) is 123 cm³/mol. The van der Waals surface area contributed by atoms with Gasteiger partial charge in [-0.05, 0) is 29.6 Å². The summed E-state index contributed by atoms with van der Waals surface area (Å²) in [5, 5.41) is 1.94. The highest BCUT2D eigenvalue weighted by molar-refractivity contribution is 7.89. The van der Waals surface area contributed by atoms with Crippen molar-refractivity contribution in [1.29, 1.82) is 0 Å². The molecule has 1 atom stereocenters. The van der Waals surface area contributed by atoms with Crippen molar-refractivity contribution in [3.05, 3.63) is 52.5 Å². The topological polar surface area (TPSA) is 81.2 Å². The molecule has 0 aliphatic carbocycles. The van der Waals surface area contributed by atoms with Crippen LogP contribution in [0.25, 0.3) is 0 Å². The van der Waals surface area contributed by atoms with E-state index in [0.29, 0.717) is 26.2 Å². The van der Waals surface area contributed by atoms with Crippen LogP contribution in [0.1, 0.15) is 17.8 Å². The number of amides is 2. The minimum Gasteiger partial charge on any atom is -0.340 e. The van der Waals surface area contributed by atoms with Crippen LogP contribution in [0, 0.1) is 5.82 Å². The Bertz CT molecular complexity index is 1090. The lowest BCUT2D eigenvalue weighted by atomic mass is 10.1. The maximum absolute atomic E-state index is 13.6. The number of piperazine rings is 2. The summed E-state index contributed by atoms with van der Waals surface area (Å²) >= 11 is 1.52. The van der Waals surface area contributed by atoms with Crippen LogP contribution in [0.3, 0.4) is 0 Å². The van der Waals surface area contributed by atoms with E-state index in [1.54, 1.807) is 16.7 Å². The molecule has 2 amide bonds. The summed E-state index contributed by atoms with van der Waals surface area (Å²) in [4.78, 5) is 31.7. The van der Waals surface area contributed by atoms with E-state index in [2.05, 4.69) is 4.90 Å². The first-order chi connectivity index (χ1) is 15.8. The Labute approximate surface area is 197 Å². The summed E-state index contributed by atoms with van der Waals surface area (Å²) in [6, 6.07) is 8.37. The van der Waals surface area contributed by atoms with Crippen LogP contribution in [0.4, 0.5) is 4.39 Å². The highest BCUT2D eigenvalue weighted by Crippen LogP contribution is 2.29. The van der Waals surface area contributed by atoms with Crippen molar-refractivity contribution in [3.8, 4) is 0 Å². The molecule has 178 valence electrons. The van der Waals surface area contributed by atoms with E-state index in [0.717, 1.165) is 10.9 Å². The van der Waals surface area contributed by atoms with Gasteiger partial charge in [0, 0.05) is 64.2 Å². The monoisotopic (exact) mass is 494 g/mol. The van der Waals surface area contributed by atoms with Crippen LogP contribution in [0.2, 0.25) is 0 Å². The Hall–Kier alpha value is -2.34. The lowest BCUT2D eigenvalue weighted by molar-refractivity contribution is -0.140. The van der Waals surface area contributed by atoms with Crippen LogP contribution in [0.15, 0.2) is 46.7 Å². The highest BCUT2D eigenvalue weighted by Gasteiger charge is 2.37. The van der Waals surface area contributed by atoms with E-state index in [4.69, 9.17) is 0 Å². The van der Waals surface area contributed by atoms with Gasteiger partial charge in [0.2, 0.25) is 21.8 Å². The Morgan fingerprint density at radius 1 is 0.939 bits per heavy atom. The van der Waals surface area contributed by atoms with Crippen molar-refractivity contribution in [2.24, 2.45) is 0 Å². The zero-order chi connectivity index (χ0) is 23.6. The summed E-state index contributed by atoms with van der Waals surface area (Å²) < 4.78 is 40.6. The van der Waals surface area contributed by atoms with E-state index in [1.807, 2.05) is 17.5 Å². The summed E-state index contributed by atoms with van der Waals surface area (Å²) in [7, 11) is -3.82. The molecule has 1 unspecified atom stereocenters. The number of rotatable bonds is 5. The van der Waals surface area contributed by atoms with Gasteiger partial charge in [-0.1, -0.05) is 12.1 Å². The fourth-order valence-corrected chi connectivity index (χ4v) is 6.60. The van der Waals surface area contributed by atoms with Crippen LogP contribution >= 0.6 is 11.3 Å². The van der Waals surface area contributed by atoms with E-state index < -0.39 is 21.9 Å². The molecule has 2 fully saturated rings. The molecule has 11 heteroatoms. The van der Waals surface area contributed by atoms with E-state index in [1.165, 1.54) is 33.8 Å². The van der Waals surface area contributed by atoms with Gasteiger partial charge in [-0.3, -0.25) is 14.5 Å². The number of sulfonamides is 1. The van der Waals surface area contributed by atoms with E-state index >= 15 is 0 Å². The molecule has 1 aromatic heterocycles. The first-order valence-corrected chi connectivity index (χ1v) is 13.2. The van der Waals surface area contributed by atoms with Gasteiger partial charge in [-0.15, -0.1) is 11.3 Å². The Balaban J connectivity index is 1.45. The van der Waals surface area contributed by atoms with Gasteiger partial charge in [0.1, 0.15) is 11.9 Å². The molecular formula is C22H27FN4O4S2. The van der Waals surface area contributed by atoms with Crippen molar-refractivity contribution >= 4 is 33.2 Å². The van der Waals surface area contributed by atoms with Crippen molar-refractivity contribution in [3.63, 3.8) is 0 Å². The summed E-state index contributed by atoms with van der Waals surface area (Å²) in [5.74, 6) is -0.630. The minimum absolute atomic E-state index is 0.0317. The lowest BCUT2D eigenvalue weighted by Gasteiger charge is -2.41. The SMILES string of the molecule is CC(=O)N1CCN(C(C(=O)N2CCN(S(=O)(=O)c3cccc(F)c3)CC2)c2cccs2)CC1. The van der Waals surface area contributed by atoms with Crippen molar-refractivity contribution in [2.45, 2.75) is 17.9 Å². The predicted octanol–water partition coefficient (Wildman–Crippen LogP) is 1.63. The van der Waals surface area contributed by atoms with Crippen LogP contribution < -0.4 is 0 Å². The summed E-state index contributed by atoms with van der Waals surface area (Å²) in [6.45, 7) is 4.73. The Kier molecular flexibility index (Phi) is 7.13. The molecule has 2 saturated heterocycles. The van der Waals surface area contributed by atoms with E-state index in [9.17, 15) is 22.4 Å². The number of carbonyl (C=O) groups is 2. The first kappa shape index (κ1) is 23.8. The zero-order valence-corrected chi connectivity index (χ0v) is 20.0. The van der Waals surface area contributed by atoms with Gasteiger partial charge >= 0.3 is 0 Å². The molecule has 8 nitrogen and oxygen atoms in total. The molecule has 0 bridgehead atoms. The number of hydrogen-bond donors (Lipinski definition) is 0. The molecule has 1 aromatic carbocycles. The standard InChI is InChI=1S/C22H27FN4O4S2/c1-17(28)24-7-9-25(10-8-24)21(20-6-3-15-32-20)22(29)26-11-13-27(14-12-26)33(30,31)19-5-2-4-18(23)16-19/h2-6,15-16,21H,7-14H2,1H3. The second-order valence-corrected chi connectivity index (χ2v) is 11.1.